The molecule has 0 aliphatic carbocycles. The molecule has 15 heavy (non-hydrogen) atoms. The Balaban J connectivity index is 5.51. The molecule has 0 aromatic heterocycles. The quantitative estimate of drug-likeness (QED) is 0.675. The van der Waals surface area contributed by atoms with Crippen molar-refractivity contribution in [3.63, 3.8) is 0 Å². The lowest BCUT2D eigenvalue weighted by molar-refractivity contribution is -0.371. The van der Waals surface area contributed by atoms with Crippen molar-refractivity contribution in [2.45, 2.75) is 31.9 Å². The molecular weight excluding hydrogens is 231 g/mol. The summed E-state index contributed by atoms with van der Waals surface area (Å²) >= 11 is 0. The molecule has 0 radical (unpaired) electrons. The Kier molecular flexibility index (Phi) is 3.03. The summed E-state index contributed by atoms with van der Waals surface area (Å²) in [5.74, 6) is -11.7. The average Bonchev–Trinajstić information content (AvgIpc) is 2.01. The Hall–Kier alpha value is -1.00. The van der Waals surface area contributed by atoms with Gasteiger partial charge in [0.2, 0.25) is 0 Å². The molecule has 0 aliphatic heterocycles. The van der Waals surface area contributed by atoms with Crippen molar-refractivity contribution in [2.24, 2.45) is 5.41 Å². The first kappa shape index (κ1) is 14.0. The van der Waals surface area contributed by atoms with Crippen LogP contribution in [0.15, 0.2) is 0 Å². The van der Waals surface area contributed by atoms with E-state index in [1.54, 1.807) is 0 Å². The molecule has 0 fully saturated rings. The third-order valence-corrected chi connectivity index (χ3v) is 1.81. The molecule has 1 nitrogen and oxygen atoms in total. The lowest BCUT2D eigenvalue weighted by Gasteiger charge is -2.34. The minimum absolute atomic E-state index is 0.312. The highest BCUT2D eigenvalue weighted by Crippen LogP contribution is 2.53. The second-order valence-corrected chi connectivity index (χ2v) is 3.38. The van der Waals surface area contributed by atoms with Gasteiger partial charge in [0, 0.05) is 0 Å². The Labute approximate surface area is 80.5 Å². The average molecular weight is 237 g/mol. The van der Waals surface area contributed by atoms with Gasteiger partial charge >= 0.3 is 18.0 Å². The Bertz CT molecular complexity index is 283. The zero-order valence-corrected chi connectivity index (χ0v) is 7.59. The van der Waals surface area contributed by atoms with Crippen molar-refractivity contribution in [3.8, 4) is 6.07 Å². The fraction of sp³-hybridized carbons (Fsp3) is 0.857. The number of hydrogen-bond donors (Lipinski definition) is 0. The summed E-state index contributed by atoms with van der Waals surface area (Å²) < 4.78 is 85.3. The van der Waals surface area contributed by atoms with Crippen LogP contribution < -0.4 is 0 Å². The van der Waals surface area contributed by atoms with E-state index in [-0.39, 0.29) is 0 Å². The summed E-state index contributed by atoms with van der Waals surface area (Å²) in [7, 11) is 0. The number of hydrogen-bond acceptors (Lipinski definition) is 1. The highest BCUT2D eigenvalue weighted by Gasteiger charge is 2.77. The molecular formula is C7H6F7N. The van der Waals surface area contributed by atoms with Gasteiger partial charge in [-0.3, -0.25) is 0 Å². The largest absolute Gasteiger partial charge is 0.459 e. The summed E-state index contributed by atoms with van der Waals surface area (Å²) in [5, 5.41) is 8.13. The monoisotopic (exact) mass is 237 g/mol. The molecule has 0 aromatic carbocycles. The maximum absolute atomic E-state index is 12.8. The summed E-state index contributed by atoms with van der Waals surface area (Å²) in [6.07, 6.45) is -6.40. The molecule has 0 bridgehead atoms. The molecule has 0 aliphatic rings. The van der Waals surface area contributed by atoms with E-state index in [0.717, 1.165) is 6.07 Å². The Morgan fingerprint density at radius 1 is 0.800 bits per heavy atom. The van der Waals surface area contributed by atoms with Gasteiger partial charge in [0.25, 0.3) is 0 Å². The molecule has 0 spiro atoms. The van der Waals surface area contributed by atoms with Crippen molar-refractivity contribution in [2.75, 3.05) is 0 Å². The molecule has 0 rings (SSSR count). The van der Waals surface area contributed by atoms with Crippen LogP contribution in [0, 0.1) is 16.7 Å². The number of nitrogens with zero attached hydrogens (tertiary/aromatic N) is 1. The normalized spacial score (nSPS) is 14.9. The van der Waals surface area contributed by atoms with Crippen molar-refractivity contribution in [3.05, 3.63) is 0 Å². The van der Waals surface area contributed by atoms with Crippen LogP contribution in [-0.2, 0) is 0 Å². The van der Waals surface area contributed by atoms with Gasteiger partial charge in [-0.15, -0.1) is 0 Å². The van der Waals surface area contributed by atoms with Gasteiger partial charge in [-0.25, -0.2) is 0 Å². The highest BCUT2D eigenvalue weighted by atomic mass is 19.4. The SMILES string of the molecule is CC(C)(C#N)C(F)(F)C(F)(F)C(F)(F)F. The first-order valence-electron chi connectivity index (χ1n) is 3.55. The van der Waals surface area contributed by atoms with Crippen LogP contribution in [0.25, 0.3) is 0 Å². The number of rotatable bonds is 2. The fourth-order valence-corrected chi connectivity index (χ4v) is 0.641. The predicted molar refractivity (Wildman–Crippen MR) is 35.3 cm³/mol. The van der Waals surface area contributed by atoms with Crippen LogP contribution in [0.1, 0.15) is 13.8 Å². The minimum atomic E-state index is -6.40. The molecule has 0 unspecified atom stereocenters. The zero-order chi connectivity index (χ0) is 12.7. The third kappa shape index (κ3) is 1.87. The van der Waals surface area contributed by atoms with E-state index < -0.39 is 23.4 Å². The van der Waals surface area contributed by atoms with Crippen molar-refractivity contribution >= 4 is 0 Å². The smallest absolute Gasteiger partial charge is 0.198 e. The van der Waals surface area contributed by atoms with Crippen molar-refractivity contribution in [1.82, 2.24) is 0 Å². The first-order valence-corrected chi connectivity index (χ1v) is 3.55. The van der Waals surface area contributed by atoms with Crippen LogP contribution in [0.4, 0.5) is 30.7 Å². The van der Waals surface area contributed by atoms with Crippen LogP contribution in [0.2, 0.25) is 0 Å². The summed E-state index contributed by atoms with van der Waals surface area (Å²) in [5.41, 5.74) is -3.12. The highest BCUT2D eigenvalue weighted by molar-refractivity contribution is 5.09. The van der Waals surface area contributed by atoms with Gasteiger partial charge in [0.05, 0.1) is 6.07 Å². The van der Waals surface area contributed by atoms with Gasteiger partial charge in [-0.2, -0.15) is 36.0 Å². The lowest BCUT2D eigenvalue weighted by atomic mass is 9.83. The molecule has 0 saturated heterocycles. The molecule has 0 N–H and O–H groups in total. The standard InChI is InChI=1S/C7H6F7N/c1-4(2,3-15)5(8,9)6(10,11)7(12,13)14/h1-2H3. The molecule has 0 heterocycles. The van der Waals surface area contributed by atoms with Crippen LogP contribution in [-0.4, -0.2) is 18.0 Å². The summed E-state index contributed by atoms with van der Waals surface area (Å²) in [6.45, 7) is 0.624. The molecule has 88 valence electrons. The van der Waals surface area contributed by atoms with Crippen LogP contribution in [0.5, 0.6) is 0 Å². The molecule has 0 amide bonds. The van der Waals surface area contributed by atoms with Gasteiger partial charge in [-0.1, -0.05) is 0 Å². The zero-order valence-electron chi connectivity index (χ0n) is 7.59. The summed E-state index contributed by atoms with van der Waals surface area (Å²) in [6, 6.07) is 0.730. The third-order valence-electron chi connectivity index (χ3n) is 1.81. The molecule has 0 aromatic rings. The van der Waals surface area contributed by atoms with Crippen LogP contribution in [0.3, 0.4) is 0 Å². The van der Waals surface area contributed by atoms with E-state index in [1.807, 2.05) is 0 Å². The van der Waals surface area contributed by atoms with E-state index in [1.165, 1.54) is 0 Å². The Morgan fingerprint density at radius 2 is 1.13 bits per heavy atom. The second-order valence-electron chi connectivity index (χ2n) is 3.38. The molecule has 0 saturated carbocycles. The maximum Gasteiger partial charge on any atom is 0.459 e. The minimum Gasteiger partial charge on any atom is -0.198 e. The number of alkyl halides is 7. The van der Waals surface area contributed by atoms with E-state index in [0.29, 0.717) is 13.8 Å². The second kappa shape index (κ2) is 3.25. The van der Waals surface area contributed by atoms with Gasteiger partial charge in [-0.05, 0) is 13.8 Å². The maximum atomic E-state index is 12.8. The Morgan fingerprint density at radius 3 is 1.33 bits per heavy atom. The van der Waals surface area contributed by atoms with E-state index >= 15 is 0 Å². The number of halogens is 7. The topological polar surface area (TPSA) is 23.8 Å². The van der Waals surface area contributed by atoms with E-state index in [9.17, 15) is 30.7 Å². The molecule has 8 heteroatoms. The van der Waals surface area contributed by atoms with E-state index in [4.69, 9.17) is 5.26 Å². The summed E-state index contributed by atoms with van der Waals surface area (Å²) in [4.78, 5) is 0. The molecule has 0 atom stereocenters. The van der Waals surface area contributed by atoms with E-state index in [2.05, 4.69) is 0 Å². The first-order chi connectivity index (χ1) is 6.31. The fourth-order valence-electron chi connectivity index (χ4n) is 0.641. The van der Waals surface area contributed by atoms with Crippen molar-refractivity contribution in [1.29, 1.82) is 5.26 Å². The predicted octanol–water partition coefficient (Wildman–Crippen LogP) is 3.37. The van der Waals surface area contributed by atoms with Crippen molar-refractivity contribution < 1.29 is 30.7 Å². The van der Waals surface area contributed by atoms with Gasteiger partial charge in [0.15, 0.2) is 0 Å². The lowest BCUT2D eigenvalue weighted by Crippen LogP contribution is -2.58. The van der Waals surface area contributed by atoms with Gasteiger partial charge < -0.3 is 0 Å². The van der Waals surface area contributed by atoms with Gasteiger partial charge in [0.1, 0.15) is 5.41 Å². The van der Waals surface area contributed by atoms with Crippen LogP contribution >= 0.6 is 0 Å². The number of nitriles is 1.